The Morgan fingerprint density at radius 1 is 1.39 bits per heavy atom. The van der Waals surface area contributed by atoms with Gasteiger partial charge in [0.25, 0.3) is 0 Å². The molecule has 4 heteroatoms. The van der Waals surface area contributed by atoms with E-state index in [0.29, 0.717) is 6.54 Å². The first-order valence-electron chi connectivity index (χ1n) is 6.11. The van der Waals surface area contributed by atoms with Crippen molar-refractivity contribution in [2.75, 3.05) is 13.7 Å². The van der Waals surface area contributed by atoms with E-state index in [9.17, 15) is 0 Å². The molecule has 0 unspecified atom stereocenters. The van der Waals surface area contributed by atoms with E-state index < -0.39 is 0 Å². The molecule has 0 bridgehead atoms. The standard InChI is InChI=1S/C14H19N3O/c1-17-14(12(10-16-17)6-4-8-15)11-5-3-7-13(9-11)18-2/h3,5,7,9-10H,4,6,8,15H2,1-2H3. The predicted octanol–water partition coefficient (Wildman–Crippen LogP) is 1.99. The molecule has 0 aliphatic rings. The normalized spacial score (nSPS) is 10.6. The lowest BCUT2D eigenvalue weighted by Crippen LogP contribution is -2.01. The van der Waals surface area contributed by atoms with Crippen molar-refractivity contribution in [1.29, 1.82) is 0 Å². The van der Waals surface area contributed by atoms with Gasteiger partial charge in [0.1, 0.15) is 5.75 Å². The number of hydrogen-bond acceptors (Lipinski definition) is 3. The third-order valence-electron chi connectivity index (χ3n) is 3.01. The summed E-state index contributed by atoms with van der Waals surface area (Å²) in [6.45, 7) is 0.701. The van der Waals surface area contributed by atoms with Crippen molar-refractivity contribution in [3.8, 4) is 17.0 Å². The van der Waals surface area contributed by atoms with Gasteiger partial charge >= 0.3 is 0 Å². The lowest BCUT2D eigenvalue weighted by atomic mass is 10.0. The van der Waals surface area contributed by atoms with Crippen LogP contribution < -0.4 is 10.5 Å². The summed E-state index contributed by atoms with van der Waals surface area (Å²) in [4.78, 5) is 0. The lowest BCUT2D eigenvalue weighted by molar-refractivity contribution is 0.415. The Bertz CT molecular complexity index is 520. The smallest absolute Gasteiger partial charge is 0.119 e. The van der Waals surface area contributed by atoms with Crippen LogP contribution in [0.2, 0.25) is 0 Å². The summed E-state index contributed by atoms with van der Waals surface area (Å²) in [5.41, 5.74) is 9.07. The van der Waals surface area contributed by atoms with Crippen LogP contribution in [-0.4, -0.2) is 23.4 Å². The van der Waals surface area contributed by atoms with E-state index >= 15 is 0 Å². The molecular weight excluding hydrogens is 226 g/mol. The highest BCUT2D eigenvalue weighted by Crippen LogP contribution is 2.27. The number of aromatic nitrogens is 2. The van der Waals surface area contributed by atoms with Gasteiger partial charge in [0.2, 0.25) is 0 Å². The minimum Gasteiger partial charge on any atom is -0.497 e. The van der Waals surface area contributed by atoms with Gasteiger partial charge in [-0.1, -0.05) is 12.1 Å². The topological polar surface area (TPSA) is 53.1 Å². The van der Waals surface area contributed by atoms with Crippen LogP contribution in [-0.2, 0) is 13.5 Å². The minimum atomic E-state index is 0.701. The Labute approximate surface area is 107 Å². The molecule has 1 heterocycles. The fourth-order valence-electron chi connectivity index (χ4n) is 2.10. The van der Waals surface area contributed by atoms with Crippen molar-refractivity contribution in [3.05, 3.63) is 36.0 Å². The summed E-state index contributed by atoms with van der Waals surface area (Å²) in [5.74, 6) is 0.860. The van der Waals surface area contributed by atoms with Gasteiger partial charge < -0.3 is 10.5 Å². The van der Waals surface area contributed by atoms with Crippen molar-refractivity contribution in [1.82, 2.24) is 9.78 Å². The van der Waals surface area contributed by atoms with Gasteiger partial charge in [0, 0.05) is 12.6 Å². The maximum atomic E-state index is 5.57. The molecule has 1 aromatic carbocycles. The van der Waals surface area contributed by atoms with Crippen molar-refractivity contribution >= 4 is 0 Å². The van der Waals surface area contributed by atoms with Crippen LogP contribution >= 0.6 is 0 Å². The molecule has 0 saturated heterocycles. The quantitative estimate of drug-likeness (QED) is 0.876. The molecule has 96 valence electrons. The zero-order valence-corrected chi connectivity index (χ0v) is 10.9. The van der Waals surface area contributed by atoms with Crippen LogP contribution in [0.5, 0.6) is 5.75 Å². The second-order valence-corrected chi connectivity index (χ2v) is 4.27. The van der Waals surface area contributed by atoms with E-state index in [-0.39, 0.29) is 0 Å². The fraction of sp³-hybridized carbons (Fsp3) is 0.357. The third kappa shape index (κ3) is 2.54. The summed E-state index contributed by atoms with van der Waals surface area (Å²) in [6, 6.07) is 8.04. The molecule has 0 aliphatic carbocycles. The molecule has 0 atom stereocenters. The first-order valence-corrected chi connectivity index (χ1v) is 6.11. The molecule has 4 nitrogen and oxygen atoms in total. The Balaban J connectivity index is 2.38. The molecule has 2 N–H and O–H groups in total. The summed E-state index contributed by atoms with van der Waals surface area (Å²) < 4.78 is 7.17. The Kier molecular flexibility index (Phi) is 3.99. The molecule has 0 radical (unpaired) electrons. The van der Waals surface area contributed by atoms with E-state index in [1.807, 2.05) is 36.1 Å². The second kappa shape index (κ2) is 5.69. The first-order chi connectivity index (χ1) is 8.76. The van der Waals surface area contributed by atoms with Crippen LogP contribution in [0.4, 0.5) is 0 Å². The van der Waals surface area contributed by atoms with Gasteiger partial charge in [-0.25, -0.2) is 0 Å². The Morgan fingerprint density at radius 2 is 2.22 bits per heavy atom. The van der Waals surface area contributed by atoms with E-state index in [2.05, 4.69) is 11.2 Å². The largest absolute Gasteiger partial charge is 0.497 e. The number of nitrogens with zero attached hydrogens (tertiary/aromatic N) is 2. The molecular formula is C14H19N3O. The molecule has 0 saturated carbocycles. The average Bonchev–Trinajstić information content (AvgIpc) is 2.77. The predicted molar refractivity (Wildman–Crippen MR) is 72.6 cm³/mol. The highest BCUT2D eigenvalue weighted by atomic mass is 16.5. The monoisotopic (exact) mass is 245 g/mol. The maximum absolute atomic E-state index is 5.57. The van der Waals surface area contributed by atoms with E-state index in [1.165, 1.54) is 5.56 Å². The number of ether oxygens (including phenoxy) is 1. The fourth-order valence-corrected chi connectivity index (χ4v) is 2.10. The number of nitrogens with two attached hydrogens (primary N) is 1. The minimum absolute atomic E-state index is 0.701. The van der Waals surface area contributed by atoms with Gasteiger partial charge in [-0.2, -0.15) is 5.10 Å². The zero-order valence-electron chi connectivity index (χ0n) is 10.9. The van der Waals surface area contributed by atoms with Gasteiger partial charge in [-0.3, -0.25) is 4.68 Å². The van der Waals surface area contributed by atoms with E-state index in [1.54, 1.807) is 7.11 Å². The number of methoxy groups -OCH3 is 1. The Morgan fingerprint density at radius 3 is 2.94 bits per heavy atom. The molecule has 0 fully saturated rings. The molecule has 0 aliphatic heterocycles. The van der Waals surface area contributed by atoms with Crippen molar-refractivity contribution in [2.24, 2.45) is 12.8 Å². The highest BCUT2D eigenvalue weighted by Gasteiger charge is 2.11. The lowest BCUT2D eigenvalue weighted by Gasteiger charge is -2.08. The van der Waals surface area contributed by atoms with E-state index in [0.717, 1.165) is 29.8 Å². The molecule has 2 rings (SSSR count). The third-order valence-corrected chi connectivity index (χ3v) is 3.01. The second-order valence-electron chi connectivity index (χ2n) is 4.27. The van der Waals surface area contributed by atoms with Crippen LogP contribution in [0, 0.1) is 0 Å². The van der Waals surface area contributed by atoms with Crippen molar-refractivity contribution < 1.29 is 4.74 Å². The van der Waals surface area contributed by atoms with E-state index in [4.69, 9.17) is 10.5 Å². The average molecular weight is 245 g/mol. The van der Waals surface area contributed by atoms with Gasteiger partial charge in [0.05, 0.1) is 19.0 Å². The summed E-state index contributed by atoms with van der Waals surface area (Å²) in [5, 5.41) is 4.34. The van der Waals surface area contributed by atoms with Gasteiger partial charge in [0.15, 0.2) is 0 Å². The van der Waals surface area contributed by atoms with Crippen LogP contribution in [0.3, 0.4) is 0 Å². The van der Waals surface area contributed by atoms with Gasteiger partial charge in [-0.05, 0) is 37.1 Å². The summed E-state index contributed by atoms with van der Waals surface area (Å²) in [6.07, 6.45) is 3.85. The highest BCUT2D eigenvalue weighted by molar-refractivity contribution is 5.65. The van der Waals surface area contributed by atoms with Crippen LogP contribution in [0.25, 0.3) is 11.3 Å². The Hall–Kier alpha value is -1.81. The van der Waals surface area contributed by atoms with Crippen LogP contribution in [0.1, 0.15) is 12.0 Å². The van der Waals surface area contributed by atoms with Crippen molar-refractivity contribution in [2.45, 2.75) is 12.8 Å². The molecule has 1 aromatic heterocycles. The zero-order chi connectivity index (χ0) is 13.0. The number of aryl methyl sites for hydroxylation is 2. The molecule has 0 amide bonds. The maximum Gasteiger partial charge on any atom is 0.119 e. The molecule has 2 aromatic rings. The van der Waals surface area contributed by atoms with Crippen LogP contribution in [0.15, 0.2) is 30.5 Å². The SMILES string of the molecule is COc1cccc(-c2c(CCCN)cnn2C)c1. The number of rotatable bonds is 5. The summed E-state index contributed by atoms with van der Waals surface area (Å²) >= 11 is 0. The van der Waals surface area contributed by atoms with Crippen molar-refractivity contribution in [3.63, 3.8) is 0 Å². The molecule has 0 spiro atoms. The number of hydrogen-bond donors (Lipinski definition) is 1. The first kappa shape index (κ1) is 12.6. The van der Waals surface area contributed by atoms with Gasteiger partial charge in [-0.15, -0.1) is 0 Å². The molecule has 18 heavy (non-hydrogen) atoms. The summed E-state index contributed by atoms with van der Waals surface area (Å²) in [7, 11) is 3.64. The number of benzene rings is 1.